The van der Waals surface area contributed by atoms with E-state index in [-0.39, 0.29) is 152 Å². The van der Waals surface area contributed by atoms with Gasteiger partial charge in [-0.1, -0.05) is 104 Å². The van der Waals surface area contributed by atoms with E-state index in [1.165, 1.54) is 29.9 Å². The van der Waals surface area contributed by atoms with Gasteiger partial charge in [-0.15, -0.1) is 5.53 Å². The van der Waals surface area contributed by atoms with Crippen LogP contribution in [-0.4, -0.2) is 267 Å². The molecule has 40 heteroatoms. The SMILES string of the molecule is CC(=O)NC1CCSSCC(C(=O)NC(CCCCNC(C)C)C(=O)NCCOCCOCCOCCOCCOCCOCCC(=O)NC(CCCCNN=[N+]=[N-])C(N)=O)NC(=O)CNC(=O)C(Cc2ccc3ccccc3c2)NC(=O)[C@@H](CCCN=C(N)N)NC(=O)C(CCCCNC(C)C)NC(=O)C(Cc2ccc(O)cc2)NC1=O. The molecule has 1 fully saturated rings. The molecule has 3 aromatic carbocycles. The lowest BCUT2D eigenvalue weighted by Gasteiger charge is -2.28. The molecule has 1 heterocycles. The molecule has 0 spiro atoms. The summed E-state index contributed by atoms with van der Waals surface area (Å²) < 4.78 is 33.5. The van der Waals surface area contributed by atoms with E-state index >= 15 is 0 Å². The highest BCUT2D eigenvalue weighted by atomic mass is 33.1. The first-order chi connectivity index (χ1) is 56.8. The number of rotatable bonds is 53. The number of phenols is 1. The fraction of sp³-hybridized carbons (Fsp3) is 0.641. The fourth-order valence-corrected chi connectivity index (χ4v) is 14.0. The van der Waals surface area contributed by atoms with Gasteiger partial charge < -0.3 is 115 Å². The number of guanidine groups is 1. The third-order valence-electron chi connectivity index (χ3n) is 18.0. The van der Waals surface area contributed by atoms with Crippen molar-refractivity contribution in [2.75, 3.05) is 130 Å². The number of carbonyl (C=O) groups is 11. The normalized spacial score (nSPS) is 18.0. The van der Waals surface area contributed by atoms with Crippen LogP contribution < -0.4 is 86.4 Å². The number of azide groups is 1. The number of phenolic OH excluding ortho intramolecular Hbond substituents is 1. The number of carbonyl (C=O) groups excluding carboxylic acids is 11. The molecule has 0 aromatic heterocycles. The second kappa shape index (κ2) is 61.0. The van der Waals surface area contributed by atoms with Gasteiger partial charge in [0.2, 0.25) is 65.0 Å². The highest BCUT2D eigenvalue weighted by molar-refractivity contribution is 8.76. The number of unbranched alkanes of at least 4 members (excludes halogenated alkanes) is 3. The lowest BCUT2D eigenvalue weighted by atomic mass is 10.00. The number of aliphatic imine (C=N–C) groups is 1. The van der Waals surface area contributed by atoms with Crippen molar-refractivity contribution in [3.63, 3.8) is 0 Å². The van der Waals surface area contributed by atoms with Crippen LogP contribution in [0.4, 0.5) is 0 Å². The summed E-state index contributed by atoms with van der Waals surface area (Å²) >= 11 is 0. The Morgan fingerprint density at radius 3 is 1.69 bits per heavy atom. The number of nitrogens with one attached hydrogen (secondary N) is 13. The molecule has 11 amide bonds. The number of fused-ring (bicyclic) bond motifs is 1. The number of aromatic hydroxyl groups is 1. The van der Waals surface area contributed by atoms with Crippen molar-refractivity contribution in [2.24, 2.45) is 27.4 Å². The molecular formula is C78H126N20O18S2. The first-order valence-electron chi connectivity index (χ1n) is 40.3. The van der Waals surface area contributed by atoms with Crippen LogP contribution in [-0.2, 0) is 94.0 Å². The van der Waals surface area contributed by atoms with E-state index in [9.17, 15) is 57.8 Å². The zero-order valence-electron chi connectivity index (χ0n) is 68.6. The van der Waals surface area contributed by atoms with Gasteiger partial charge in [0.05, 0.1) is 92.4 Å². The largest absolute Gasteiger partial charge is 0.508 e. The van der Waals surface area contributed by atoms with Crippen LogP contribution in [0.15, 0.2) is 76.9 Å². The Labute approximate surface area is 698 Å². The number of primary amides is 1. The van der Waals surface area contributed by atoms with Gasteiger partial charge in [-0.05, 0) is 129 Å². The first-order valence-corrected chi connectivity index (χ1v) is 42.8. The lowest BCUT2D eigenvalue weighted by molar-refractivity contribution is -0.135. The lowest BCUT2D eigenvalue weighted by Crippen LogP contribution is -2.60. The van der Waals surface area contributed by atoms with Crippen LogP contribution in [0.1, 0.15) is 129 Å². The summed E-state index contributed by atoms with van der Waals surface area (Å²) in [6.45, 7) is 13.3. The molecule has 0 aliphatic carbocycles. The first kappa shape index (κ1) is 101. The summed E-state index contributed by atoms with van der Waals surface area (Å²) in [5.41, 5.74) is 28.7. The quantitative estimate of drug-likeness (QED) is 0.00538. The minimum Gasteiger partial charge on any atom is -0.508 e. The van der Waals surface area contributed by atoms with Crippen molar-refractivity contribution < 1.29 is 86.3 Å². The van der Waals surface area contributed by atoms with Gasteiger partial charge in [-0.25, -0.2) is 0 Å². The molecule has 20 N–H and O–H groups in total. The number of hydrogen-bond donors (Lipinski definition) is 17. The fourth-order valence-electron chi connectivity index (χ4n) is 11.8. The van der Waals surface area contributed by atoms with Crippen molar-refractivity contribution >= 4 is 103 Å². The van der Waals surface area contributed by atoms with E-state index in [4.69, 9.17) is 51.2 Å². The molecule has 1 aliphatic heterocycles. The van der Waals surface area contributed by atoms with Gasteiger partial charge in [0.1, 0.15) is 54.1 Å². The van der Waals surface area contributed by atoms with E-state index in [0.717, 1.165) is 21.6 Å². The van der Waals surface area contributed by atoms with Crippen molar-refractivity contribution in [3.05, 3.63) is 88.3 Å². The van der Waals surface area contributed by atoms with Gasteiger partial charge in [-0.2, -0.15) is 4.91 Å². The van der Waals surface area contributed by atoms with E-state index in [0.29, 0.717) is 109 Å². The maximum absolute atomic E-state index is 14.9. The van der Waals surface area contributed by atoms with Crippen molar-refractivity contribution in [3.8, 4) is 5.75 Å². The van der Waals surface area contributed by atoms with Gasteiger partial charge >= 0.3 is 0 Å². The smallest absolute Gasteiger partial charge is 0.244 e. The maximum Gasteiger partial charge on any atom is 0.244 e. The van der Waals surface area contributed by atoms with Crippen molar-refractivity contribution in [1.29, 1.82) is 0 Å². The molecular weight excluding hydrogens is 1570 g/mol. The van der Waals surface area contributed by atoms with Crippen LogP contribution in [0.3, 0.4) is 0 Å². The standard InChI is InChI=1S/C78H126N20O18S2/c1-52(2)83-29-11-8-18-61(71(104)85-33-35-112-37-39-114-41-43-116-45-44-115-42-40-113-38-36-111-34-27-68(101)90-60(70(79)103)17-10-13-32-88-98-97-82)92-77(110)67-51-118-117-46-28-64(89-54(5)99)75(108)96-66(48-55-22-25-59(100)26-23-55)76(109)94-62(19-9-12-30-84-53(3)4)73(106)93-63(20-14-31-86-78(80)81)74(107)95-65(72(105)87-50-69(102)91-67)49-56-21-24-57-15-6-7-16-58(57)47-56/h6-7,15-16,21-26,47,52-53,60-67,83-84,88,100H,8-14,17-20,27-46,48-51H2,1-5H3,(H2,79,103)(H,85,104)(H,87,105)(H,89,99)(H,90,101)(H,91,102)(H,92,110)(H,93,106)(H,94,109)(H,95,107)(H,96,108)(H4,80,81,86)/t60?,61?,62?,63-,64?,65?,66?,67?/m1/s1. The molecule has 658 valence electrons. The third kappa shape index (κ3) is 46.1. The Balaban J connectivity index is 1.45. The molecule has 1 saturated heterocycles. The zero-order chi connectivity index (χ0) is 86.1. The highest BCUT2D eigenvalue weighted by Crippen LogP contribution is 2.25. The molecule has 0 saturated carbocycles. The molecule has 1 aliphatic rings. The Morgan fingerprint density at radius 2 is 1.10 bits per heavy atom. The topological polar surface area (TPSA) is 559 Å². The molecule has 0 radical (unpaired) electrons. The molecule has 8 atom stereocenters. The van der Waals surface area contributed by atoms with Gasteiger partial charge in [0.25, 0.3) is 0 Å². The number of hydrogen-bond acceptors (Lipinski definition) is 24. The van der Waals surface area contributed by atoms with Crippen LogP contribution >= 0.6 is 21.6 Å². The molecule has 38 nitrogen and oxygen atoms in total. The Bertz CT molecular complexity index is 3600. The van der Waals surface area contributed by atoms with Gasteiger partial charge in [0.15, 0.2) is 5.96 Å². The highest BCUT2D eigenvalue weighted by Gasteiger charge is 2.35. The summed E-state index contributed by atoms with van der Waals surface area (Å²) in [7, 11) is 2.35. The Kier molecular flexibility index (Phi) is 52.2. The van der Waals surface area contributed by atoms with Crippen molar-refractivity contribution in [2.45, 2.75) is 191 Å². The summed E-state index contributed by atoms with van der Waals surface area (Å²) in [5, 5.41) is 49.5. The summed E-state index contributed by atoms with van der Waals surface area (Å²) in [6.07, 6.45) is 3.86. The second-order valence-corrected chi connectivity index (χ2v) is 31.2. The average molecular weight is 1700 g/mol. The second-order valence-electron chi connectivity index (χ2n) is 28.5. The van der Waals surface area contributed by atoms with E-state index in [1.807, 2.05) is 64.1 Å². The molecule has 4 rings (SSSR count). The number of nitrogens with zero attached hydrogens (tertiary/aromatic N) is 4. The average Bonchev–Trinajstić information content (AvgIpc) is 0.835. The van der Waals surface area contributed by atoms with Gasteiger partial charge in [0, 0.05) is 62.9 Å². The number of amides is 11. The number of nitrogens with two attached hydrogens (primary N) is 3. The molecule has 3 aromatic rings. The van der Waals surface area contributed by atoms with E-state index < -0.39 is 114 Å². The summed E-state index contributed by atoms with van der Waals surface area (Å²) in [6, 6.07) is 9.47. The van der Waals surface area contributed by atoms with Crippen molar-refractivity contribution in [1.82, 2.24) is 69.2 Å². The van der Waals surface area contributed by atoms with Crippen LogP contribution in [0, 0.1) is 0 Å². The van der Waals surface area contributed by atoms with Crippen LogP contribution in [0.25, 0.3) is 21.2 Å². The van der Waals surface area contributed by atoms with Crippen LogP contribution in [0.2, 0.25) is 0 Å². The van der Waals surface area contributed by atoms with E-state index in [2.05, 4.69) is 84.4 Å². The molecule has 7 unspecified atom stereocenters. The predicted molar refractivity (Wildman–Crippen MR) is 450 cm³/mol. The number of benzene rings is 3. The maximum atomic E-state index is 14.9. The minimum absolute atomic E-state index is 0.00468. The summed E-state index contributed by atoms with van der Waals surface area (Å²) in [5.74, 6) is -7.77. The molecule has 0 bridgehead atoms. The zero-order valence-corrected chi connectivity index (χ0v) is 70.2. The third-order valence-corrected chi connectivity index (χ3v) is 20.4. The van der Waals surface area contributed by atoms with Gasteiger partial charge in [-0.3, -0.25) is 63.2 Å². The monoisotopic (exact) mass is 1690 g/mol. The number of ether oxygens (including phenoxy) is 6. The summed E-state index contributed by atoms with van der Waals surface area (Å²) in [4.78, 5) is 160. The Morgan fingerprint density at radius 1 is 0.576 bits per heavy atom. The van der Waals surface area contributed by atoms with E-state index in [1.54, 1.807) is 18.2 Å². The predicted octanol–water partition coefficient (Wildman–Crippen LogP) is 0.597. The molecule has 118 heavy (non-hydrogen) atoms. The Hall–Kier alpha value is -9.35. The minimum atomic E-state index is -1.38. The van der Waals surface area contributed by atoms with Crippen LogP contribution in [0.5, 0.6) is 5.75 Å².